The highest BCUT2D eigenvalue weighted by molar-refractivity contribution is 5.77. The Morgan fingerprint density at radius 2 is 1.62 bits per heavy atom. The normalized spacial score (nSPS) is 11.6. The molecule has 0 saturated heterocycles. The van der Waals surface area contributed by atoms with E-state index in [-0.39, 0.29) is 25.4 Å². The lowest BCUT2D eigenvalue weighted by Crippen LogP contribution is -2.24. The van der Waals surface area contributed by atoms with Crippen LogP contribution in [0.4, 0.5) is 5.69 Å². The van der Waals surface area contributed by atoms with Crippen LogP contribution in [-0.2, 0) is 25.5 Å². The molecule has 0 radical (unpaired) electrons. The number of carbonyl (C=O) groups is 2. The largest absolute Gasteiger partial charge is 0.466 e. The van der Waals surface area contributed by atoms with E-state index in [1.807, 2.05) is 30.3 Å². The molecule has 1 rings (SSSR count). The highest BCUT2D eigenvalue weighted by atomic mass is 16.6. The summed E-state index contributed by atoms with van der Waals surface area (Å²) >= 11 is 0. The van der Waals surface area contributed by atoms with Crippen LogP contribution in [0, 0.1) is 0 Å². The number of benzene rings is 1. The van der Waals surface area contributed by atoms with Gasteiger partial charge in [0, 0.05) is 12.3 Å². The Morgan fingerprint density at radius 3 is 2.31 bits per heavy atom. The van der Waals surface area contributed by atoms with E-state index in [0.717, 1.165) is 36.9 Å². The molecule has 6 heteroatoms. The van der Waals surface area contributed by atoms with Crippen LogP contribution in [0.5, 0.6) is 0 Å². The van der Waals surface area contributed by atoms with Gasteiger partial charge < -0.3 is 19.9 Å². The molecule has 0 amide bonds. The summed E-state index contributed by atoms with van der Waals surface area (Å²) in [5.74, 6) is -0.812. The van der Waals surface area contributed by atoms with Crippen molar-refractivity contribution in [3.63, 3.8) is 0 Å². The Balaban J connectivity index is 2.07. The maximum atomic E-state index is 12.0. The maximum absolute atomic E-state index is 12.0. The smallest absolute Gasteiger partial charge is 0.308 e. The maximum Gasteiger partial charge on any atom is 0.308 e. The highest BCUT2D eigenvalue weighted by Crippen LogP contribution is 2.17. The second-order valence-corrected chi connectivity index (χ2v) is 8.03. The summed E-state index contributed by atoms with van der Waals surface area (Å²) in [7, 11) is 0. The van der Waals surface area contributed by atoms with E-state index in [0.29, 0.717) is 13.0 Å². The summed E-state index contributed by atoms with van der Waals surface area (Å²) in [6, 6.07) is 7.55. The van der Waals surface area contributed by atoms with Crippen LogP contribution in [0.3, 0.4) is 0 Å². The summed E-state index contributed by atoms with van der Waals surface area (Å²) in [4.78, 5) is 23.8. The van der Waals surface area contributed by atoms with Crippen molar-refractivity contribution in [3.8, 4) is 0 Å². The van der Waals surface area contributed by atoms with Crippen LogP contribution in [0.2, 0.25) is 0 Å². The molecule has 0 saturated carbocycles. The van der Waals surface area contributed by atoms with Crippen molar-refractivity contribution in [3.05, 3.63) is 42.5 Å². The molecule has 2 N–H and O–H groups in total. The third-order valence-electron chi connectivity index (χ3n) is 5.16. The van der Waals surface area contributed by atoms with Crippen LogP contribution >= 0.6 is 0 Å². The number of carbonyl (C=O) groups excluding carboxylic acids is 2. The molecule has 0 fully saturated rings. The third-order valence-corrected chi connectivity index (χ3v) is 5.16. The number of nitrogens with one attached hydrogen (secondary N) is 1. The second-order valence-electron chi connectivity index (χ2n) is 8.03. The topological polar surface area (TPSA) is 84.9 Å². The van der Waals surface area contributed by atoms with Gasteiger partial charge in [-0.25, -0.2) is 0 Å². The molecular formula is C26H41NO5. The minimum absolute atomic E-state index is 0.00497. The SMILES string of the molecule is C=CCCCCCCCCCCOC(=O)CCC(=O)OC(C)Nc1ccccc1CCO. The minimum Gasteiger partial charge on any atom is -0.466 e. The molecule has 0 aromatic heterocycles. The van der Waals surface area contributed by atoms with Gasteiger partial charge in [-0.1, -0.05) is 62.8 Å². The van der Waals surface area contributed by atoms with Crippen molar-refractivity contribution in [2.24, 2.45) is 0 Å². The van der Waals surface area contributed by atoms with E-state index in [1.54, 1.807) is 6.92 Å². The number of hydrogen-bond donors (Lipinski definition) is 2. The number of anilines is 1. The molecular weight excluding hydrogens is 406 g/mol. The standard InChI is InChI=1S/C26H41NO5/c1-3-4-5-6-7-8-9-10-11-14-21-31-25(29)17-18-26(30)32-22(2)27-24-16-13-12-15-23(24)19-20-28/h3,12-13,15-16,22,27-28H,1,4-11,14,17-21H2,2H3. The molecule has 0 heterocycles. The van der Waals surface area contributed by atoms with Gasteiger partial charge in [-0.2, -0.15) is 0 Å². The summed E-state index contributed by atoms with van der Waals surface area (Å²) in [6.45, 7) is 5.92. The van der Waals surface area contributed by atoms with E-state index in [1.165, 1.54) is 32.1 Å². The average molecular weight is 448 g/mol. The van der Waals surface area contributed by atoms with E-state index in [9.17, 15) is 9.59 Å². The molecule has 0 bridgehead atoms. The van der Waals surface area contributed by atoms with E-state index < -0.39 is 12.2 Å². The van der Waals surface area contributed by atoms with Crippen molar-refractivity contribution in [1.82, 2.24) is 0 Å². The quantitative estimate of drug-likeness (QED) is 0.125. The molecule has 180 valence electrons. The number of rotatable bonds is 19. The van der Waals surface area contributed by atoms with Crippen LogP contribution in [0.15, 0.2) is 36.9 Å². The molecule has 1 aromatic carbocycles. The van der Waals surface area contributed by atoms with Crippen LogP contribution in [0.1, 0.15) is 83.1 Å². The Labute approximate surface area is 193 Å². The lowest BCUT2D eigenvalue weighted by Gasteiger charge is -2.18. The van der Waals surface area contributed by atoms with Crippen LogP contribution in [0.25, 0.3) is 0 Å². The molecule has 1 unspecified atom stereocenters. The van der Waals surface area contributed by atoms with Crippen molar-refractivity contribution < 1.29 is 24.2 Å². The van der Waals surface area contributed by atoms with Gasteiger partial charge in [0.2, 0.25) is 0 Å². The van der Waals surface area contributed by atoms with Gasteiger partial charge in [0.05, 0.1) is 19.4 Å². The highest BCUT2D eigenvalue weighted by Gasteiger charge is 2.13. The fraction of sp³-hybridized carbons (Fsp3) is 0.615. The van der Waals surface area contributed by atoms with Crippen molar-refractivity contribution in [2.75, 3.05) is 18.5 Å². The summed E-state index contributed by atoms with van der Waals surface area (Å²) < 4.78 is 10.5. The average Bonchev–Trinajstić information content (AvgIpc) is 2.77. The molecule has 6 nitrogen and oxygen atoms in total. The van der Waals surface area contributed by atoms with Gasteiger partial charge in [-0.15, -0.1) is 6.58 Å². The third kappa shape index (κ3) is 13.9. The number of aliphatic hydroxyl groups excluding tert-OH is 1. The first-order valence-corrected chi connectivity index (χ1v) is 12.0. The first-order chi connectivity index (χ1) is 15.6. The summed E-state index contributed by atoms with van der Waals surface area (Å²) in [6.07, 6.45) is 12.5. The summed E-state index contributed by atoms with van der Waals surface area (Å²) in [5.41, 5.74) is 1.76. The predicted molar refractivity (Wildman–Crippen MR) is 128 cm³/mol. The zero-order chi connectivity index (χ0) is 23.4. The Hall–Kier alpha value is -2.34. The molecule has 1 aromatic rings. The van der Waals surface area contributed by atoms with Crippen LogP contribution in [-0.4, -0.2) is 36.5 Å². The van der Waals surface area contributed by atoms with E-state index >= 15 is 0 Å². The van der Waals surface area contributed by atoms with Gasteiger partial charge >= 0.3 is 11.9 Å². The van der Waals surface area contributed by atoms with Gasteiger partial charge in [0.25, 0.3) is 0 Å². The van der Waals surface area contributed by atoms with E-state index in [2.05, 4.69) is 11.9 Å². The first-order valence-electron chi connectivity index (χ1n) is 12.0. The van der Waals surface area contributed by atoms with Crippen LogP contribution < -0.4 is 5.32 Å². The van der Waals surface area contributed by atoms with Gasteiger partial charge in [-0.05, 0) is 44.2 Å². The lowest BCUT2D eigenvalue weighted by molar-refractivity contribution is -0.152. The number of hydrogen-bond acceptors (Lipinski definition) is 6. The van der Waals surface area contributed by atoms with Gasteiger partial charge in [-0.3, -0.25) is 9.59 Å². The van der Waals surface area contributed by atoms with Gasteiger partial charge in [0.1, 0.15) is 0 Å². The Morgan fingerprint density at radius 1 is 1.00 bits per heavy atom. The van der Waals surface area contributed by atoms with E-state index in [4.69, 9.17) is 14.6 Å². The number of aliphatic hydroxyl groups is 1. The lowest BCUT2D eigenvalue weighted by atomic mass is 10.1. The number of ether oxygens (including phenoxy) is 2. The van der Waals surface area contributed by atoms with Gasteiger partial charge in [0.15, 0.2) is 6.23 Å². The van der Waals surface area contributed by atoms with Crippen molar-refractivity contribution >= 4 is 17.6 Å². The monoisotopic (exact) mass is 447 g/mol. The number of esters is 2. The second kappa shape index (κ2) is 18.3. The zero-order valence-electron chi connectivity index (χ0n) is 19.7. The summed E-state index contributed by atoms with van der Waals surface area (Å²) in [5, 5.41) is 12.3. The van der Waals surface area contributed by atoms with Crippen molar-refractivity contribution in [2.45, 2.75) is 90.2 Å². The molecule has 0 aliphatic rings. The Bertz CT molecular complexity index is 661. The molecule has 1 atom stereocenters. The molecule has 0 aliphatic heterocycles. The van der Waals surface area contributed by atoms with Crippen molar-refractivity contribution in [1.29, 1.82) is 0 Å². The fourth-order valence-corrected chi connectivity index (χ4v) is 3.42. The zero-order valence-corrected chi connectivity index (χ0v) is 19.7. The fourth-order valence-electron chi connectivity index (χ4n) is 3.42. The number of unbranched alkanes of at least 4 members (excludes halogenated alkanes) is 8. The first kappa shape index (κ1) is 27.7. The minimum atomic E-state index is -0.541. The number of allylic oxidation sites excluding steroid dienone is 1. The number of para-hydroxylation sites is 1. The Kier molecular flexibility index (Phi) is 15.8. The molecule has 32 heavy (non-hydrogen) atoms. The predicted octanol–water partition coefficient (Wildman–Crippen LogP) is 5.54. The molecule has 0 spiro atoms. The molecule has 0 aliphatic carbocycles.